The van der Waals surface area contributed by atoms with E-state index >= 15 is 0 Å². The van der Waals surface area contributed by atoms with Crippen molar-refractivity contribution in [3.63, 3.8) is 0 Å². The number of H-pyrrole nitrogens is 1. The zero-order valence-corrected chi connectivity index (χ0v) is 31.1. The summed E-state index contributed by atoms with van der Waals surface area (Å²) in [6.07, 6.45) is 9.70. The molecule has 13 nitrogen and oxygen atoms in total. The van der Waals surface area contributed by atoms with Gasteiger partial charge < -0.3 is 20.0 Å². The van der Waals surface area contributed by atoms with Crippen molar-refractivity contribution in [1.29, 1.82) is 0 Å². The second kappa shape index (κ2) is 16.2. The van der Waals surface area contributed by atoms with Gasteiger partial charge in [0.05, 0.1) is 55.4 Å². The molecule has 0 saturated heterocycles. The van der Waals surface area contributed by atoms with Crippen LogP contribution >= 0.6 is 0 Å². The molecule has 5 heterocycles. The van der Waals surface area contributed by atoms with Crippen molar-refractivity contribution in [3.05, 3.63) is 181 Å². The summed E-state index contributed by atoms with van der Waals surface area (Å²) in [5.41, 5.74) is 4.04. The third kappa shape index (κ3) is 8.38. The fraction of sp³-hybridized carbons (Fsp3) is 0.0488. The predicted octanol–water partition coefficient (Wildman–Crippen LogP) is 5.82. The molecule has 0 aliphatic heterocycles. The molecule has 56 heavy (non-hydrogen) atoms. The van der Waals surface area contributed by atoms with Gasteiger partial charge in [-0.2, -0.15) is 0 Å². The molecule has 2 amide bonds. The van der Waals surface area contributed by atoms with Gasteiger partial charge in [-0.15, -0.1) is 0 Å². The Morgan fingerprint density at radius 1 is 0.625 bits per heavy atom. The molecule has 0 radical (unpaired) electrons. The lowest BCUT2D eigenvalue weighted by Crippen LogP contribution is -2.23. The number of sulfone groups is 2. The number of benzene rings is 3. The molecule has 8 aromatic rings. The average molecular weight is 784 g/mol. The van der Waals surface area contributed by atoms with Crippen molar-refractivity contribution in [1.82, 2.24) is 35.0 Å². The average Bonchev–Trinajstić information content (AvgIpc) is 3.91. The summed E-state index contributed by atoms with van der Waals surface area (Å²) in [5, 5.41) is 6.45. The fourth-order valence-electron chi connectivity index (χ4n) is 5.63. The fourth-order valence-corrected chi connectivity index (χ4v) is 8.14. The maximum atomic E-state index is 12.6. The normalized spacial score (nSPS) is 11.4. The molecule has 0 saturated carbocycles. The number of aromatic nitrogens is 5. The first-order valence-electron chi connectivity index (χ1n) is 17.1. The monoisotopic (exact) mass is 783 g/mol. The number of rotatable bonds is 10. The number of pyridine rings is 3. The number of nitrogens with zero attached hydrogens (tertiary/aromatic N) is 4. The summed E-state index contributed by atoms with van der Waals surface area (Å²) in [7, 11) is -7.15. The molecule has 280 valence electrons. The second-order valence-corrected chi connectivity index (χ2v) is 16.3. The summed E-state index contributed by atoms with van der Waals surface area (Å²) in [6, 6.07) is 33.2. The number of imidazole rings is 1. The third-order valence-electron chi connectivity index (χ3n) is 8.67. The van der Waals surface area contributed by atoms with E-state index in [-0.39, 0.29) is 37.9 Å². The standard InChI is InChI=1S/C21H17N3O3S.C20H16N4O3S/c25-21(17-8-9-18-13-22-15-24(18)14-17)23-12-16-6-10-20(11-7-16)28(26,27)19-4-2-1-3-5-19;25-20(19-10-14-11-21-9-8-18(14)24-19)23-12-15-6-7-17(13-22-15)28(26,27)16-4-2-1-3-5-16/h1-11,13-15H,12H2,(H,23,25);1-11,13,24H,12H2,(H,23,25). The molecule has 5 aromatic heterocycles. The van der Waals surface area contributed by atoms with Crippen molar-refractivity contribution >= 4 is 47.9 Å². The van der Waals surface area contributed by atoms with Crippen LogP contribution in [0.25, 0.3) is 16.4 Å². The van der Waals surface area contributed by atoms with Crippen LogP contribution in [-0.2, 0) is 32.8 Å². The van der Waals surface area contributed by atoms with E-state index in [4.69, 9.17) is 0 Å². The van der Waals surface area contributed by atoms with E-state index < -0.39 is 19.7 Å². The molecule has 0 fully saturated rings. The maximum absolute atomic E-state index is 12.6. The maximum Gasteiger partial charge on any atom is 0.268 e. The number of carbonyl (C=O) groups is 2. The van der Waals surface area contributed by atoms with Crippen molar-refractivity contribution in [3.8, 4) is 0 Å². The number of hydrogen-bond acceptors (Lipinski definition) is 9. The summed E-state index contributed by atoms with van der Waals surface area (Å²) >= 11 is 0. The van der Waals surface area contributed by atoms with E-state index in [1.807, 2.05) is 6.07 Å². The number of amides is 2. The lowest BCUT2D eigenvalue weighted by Gasteiger charge is -2.08. The molecular weight excluding hydrogens is 751 g/mol. The minimum atomic E-state index is -3.61. The van der Waals surface area contributed by atoms with Gasteiger partial charge >= 0.3 is 0 Å². The van der Waals surface area contributed by atoms with Gasteiger partial charge in [-0.1, -0.05) is 48.5 Å². The molecule has 3 N–H and O–H groups in total. The summed E-state index contributed by atoms with van der Waals surface area (Å²) in [6.45, 7) is 0.477. The Kier molecular flexibility index (Phi) is 10.8. The lowest BCUT2D eigenvalue weighted by molar-refractivity contribution is 0.0940. The minimum absolute atomic E-state index is 0.108. The van der Waals surface area contributed by atoms with E-state index in [1.54, 1.807) is 145 Å². The lowest BCUT2D eigenvalue weighted by atomic mass is 10.2. The van der Waals surface area contributed by atoms with E-state index in [1.165, 1.54) is 12.3 Å². The summed E-state index contributed by atoms with van der Waals surface area (Å²) in [5.74, 6) is -0.490. The van der Waals surface area contributed by atoms with Crippen LogP contribution in [0.2, 0.25) is 0 Å². The Labute approximate surface area is 322 Å². The quantitative estimate of drug-likeness (QED) is 0.154. The zero-order chi connectivity index (χ0) is 39.1. The van der Waals surface area contributed by atoms with Crippen molar-refractivity contribution in [2.45, 2.75) is 32.7 Å². The molecule has 0 unspecified atom stereocenters. The van der Waals surface area contributed by atoms with Gasteiger partial charge in [0.2, 0.25) is 19.7 Å². The molecule has 0 aliphatic rings. The highest BCUT2D eigenvalue weighted by molar-refractivity contribution is 7.91. The number of hydrogen-bond donors (Lipinski definition) is 3. The van der Waals surface area contributed by atoms with Crippen LogP contribution in [0.5, 0.6) is 0 Å². The largest absolute Gasteiger partial charge is 0.350 e. The van der Waals surface area contributed by atoms with Gasteiger partial charge in [-0.3, -0.25) is 19.6 Å². The predicted molar refractivity (Wildman–Crippen MR) is 208 cm³/mol. The van der Waals surface area contributed by atoms with E-state index in [9.17, 15) is 26.4 Å². The number of nitrogens with one attached hydrogen (secondary N) is 3. The van der Waals surface area contributed by atoms with Crippen molar-refractivity contribution < 1.29 is 26.4 Å². The third-order valence-corrected chi connectivity index (χ3v) is 12.2. The van der Waals surface area contributed by atoms with Gasteiger partial charge in [0.1, 0.15) is 5.69 Å². The number of aromatic amines is 1. The Morgan fingerprint density at radius 2 is 1.27 bits per heavy atom. The van der Waals surface area contributed by atoms with Gasteiger partial charge in [-0.25, -0.2) is 21.8 Å². The first-order chi connectivity index (χ1) is 27.1. The van der Waals surface area contributed by atoms with E-state index in [2.05, 4.69) is 30.6 Å². The second-order valence-electron chi connectivity index (χ2n) is 12.4. The molecule has 0 atom stereocenters. The molecule has 0 aliphatic carbocycles. The Balaban J connectivity index is 0.000000172. The Hall–Kier alpha value is -6.97. The van der Waals surface area contributed by atoms with Crippen LogP contribution in [0.15, 0.2) is 178 Å². The molecule has 15 heteroatoms. The van der Waals surface area contributed by atoms with Crippen LogP contribution in [0.1, 0.15) is 32.1 Å². The van der Waals surface area contributed by atoms with Crippen LogP contribution in [0.4, 0.5) is 0 Å². The van der Waals surface area contributed by atoms with Gasteiger partial charge in [-0.05, 0) is 78.4 Å². The molecule has 0 spiro atoms. The summed E-state index contributed by atoms with van der Waals surface area (Å²) in [4.78, 5) is 40.7. The highest BCUT2D eigenvalue weighted by Gasteiger charge is 2.19. The van der Waals surface area contributed by atoms with Crippen LogP contribution in [0.3, 0.4) is 0 Å². The van der Waals surface area contributed by atoms with Crippen LogP contribution < -0.4 is 10.6 Å². The van der Waals surface area contributed by atoms with Crippen LogP contribution in [-0.4, -0.2) is 53.0 Å². The number of carbonyl (C=O) groups excluding carboxylic acids is 2. The highest BCUT2D eigenvalue weighted by Crippen LogP contribution is 2.22. The number of fused-ring (bicyclic) bond motifs is 2. The minimum Gasteiger partial charge on any atom is -0.350 e. The van der Waals surface area contributed by atoms with Gasteiger partial charge in [0.25, 0.3) is 11.8 Å². The Bertz CT molecular complexity index is 2700. The van der Waals surface area contributed by atoms with Crippen LogP contribution in [0, 0.1) is 0 Å². The van der Waals surface area contributed by atoms with Crippen molar-refractivity contribution in [2.24, 2.45) is 0 Å². The SMILES string of the molecule is O=C(NCc1ccc(S(=O)(=O)c2ccccc2)cc1)c1ccc2cncn2c1.O=C(NCc1ccc(S(=O)(=O)c2ccccc2)cn1)c1cc2cnccc2[nH]1. The van der Waals surface area contributed by atoms with E-state index in [0.717, 1.165) is 22.0 Å². The van der Waals surface area contributed by atoms with Crippen molar-refractivity contribution in [2.75, 3.05) is 0 Å². The van der Waals surface area contributed by atoms with E-state index in [0.29, 0.717) is 23.5 Å². The zero-order valence-electron chi connectivity index (χ0n) is 29.5. The molecule has 3 aromatic carbocycles. The molecular formula is C41H33N7O6S2. The topological polar surface area (TPSA) is 185 Å². The van der Waals surface area contributed by atoms with Gasteiger partial charge in [0.15, 0.2) is 0 Å². The summed E-state index contributed by atoms with van der Waals surface area (Å²) < 4.78 is 52.1. The molecule has 8 rings (SSSR count). The first kappa shape index (κ1) is 37.3. The molecule has 0 bridgehead atoms. The Morgan fingerprint density at radius 3 is 1.93 bits per heavy atom. The first-order valence-corrected chi connectivity index (χ1v) is 20.1. The smallest absolute Gasteiger partial charge is 0.268 e. The highest BCUT2D eigenvalue weighted by atomic mass is 32.2. The van der Waals surface area contributed by atoms with Gasteiger partial charge in [0, 0.05) is 42.2 Å².